The normalized spacial score (nSPS) is 11.4. The van der Waals surface area contributed by atoms with E-state index in [0.29, 0.717) is 5.56 Å². The lowest BCUT2D eigenvalue weighted by Gasteiger charge is -2.05. The van der Waals surface area contributed by atoms with Crippen LogP contribution in [0.3, 0.4) is 0 Å². The number of alkyl halides is 3. The van der Waals surface area contributed by atoms with Crippen LogP contribution in [0.2, 0.25) is 0 Å². The van der Waals surface area contributed by atoms with Gasteiger partial charge < -0.3 is 5.11 Å². The van der Waals surface area contributed by atoms with E-state index in [1.807, 2.05) is 0 Å². The molecule has 15 heavy (non-hydrogen) atoms. The van der Waals surface area contributed by atoms with Gasteiger partial charge in [0.1, 0.15) is 0 Å². The average molecular weight is 218 g/mol. The Morgan fingerprint density at radius 3 is 2.13 bits per heavy atom. The van der Waals surface area contributed by atoms with Crippen molar-refractivity contribution in [2.24, 2.45) is 0 Å². The van der Waals surface area contributed by atoms with Gasteiger partial charge in [-0.15, -0.1) is 0 Å². The van der Waals surface area contributed by atoms with Crippen LogP contribution in [0, 0.1) is 0 Å². The molecule has 0 saturated carbocycles. The van der Waals surface area contributed by atoms with E-state index >= 15 is 0 Å². The van der Waals surface area contributed by atoms with Crippen molar-refractivity contribution in [3.63, 3.8) is 0 Å². The molecule has 2 nitrogen and oxygen atoms in total. The maximum atomic E-state index is 11.9. The molecule has 0 fully saturated rings. The van der Waals surface area contributed by atoms with E-state index in [-0.39, 0.29) is 12.0 Å². The molecular formula is C10H9F3O2. The molecule has 0 aliphatic heterocycles. The monoisotopic (exact) mass is 218 g/mol. The van der Waals surface area contributed by atoms with Gasteiger partial charge in [-0.25, -0.2) is 4.79 Å². The van der Waals surface area contributed by atoms with E-state index in [4.69, 9.17) is 5.11 Å². The number of carboxylic acid groups (broad SMARTS) is 1. The summed E-state index contributed by atoms with van der Waals surface area (Å²) in [6, 6.07) is 5.40. The van der Waals surface area contributed by atoms with Crippen molar-refractivity contribution in [1.82, 2.24) is 0 Å². The number of halogens is 3. The Kier molecular flexibility index (Phi) is 3.34. The topological polar surface area (TPSA) is 37.3 Å². The molecule has 0 aliphatic rings. The van der Waals surface area contributed by atoms with Gasteiger partial charge in [0, 0.05) is 6.42 Å². The second-order valence-corrected chi connectivity index (χ2v) is 3.12. The summed E-state index contributed by atoms with van der Waals surface area (Å²) in [6.07, 6.45) is -5.19. The molecule has 1 aromatic rings. The Morgan fingerprint density at radius 2 is 1.73 bits per heavy atom. The quantitative estimate of drug-likeness (QED) is 0.846. The minimum atomic E-state index is -4.18. The smallest absolute Gasteiger partial charge is 0.389 e. The lowest BCUT2D eigenvalue weighted by atomic mass is 10.1. The summed E-state index contributed by atoms with van der Waals surface area (Å²) in [6.45, 7) is 0. The van der Waals surface area contributed by atoms with Crippen molar-refractivity contribution in [3.05, 3.63) is 35.4 Å². The Bertz CT molecular complexity index is 341. The molecule has 0 atom stereocenters. The van der Waals surface area contributed by atoms with Gasteiger partial charge in [-0.3, -0.25) is 0 Å². The van der Waals surface area contributed by atoms with Gasteiger partial charge in [-0.1, -0.05) is 12.1 Å². The zero-order chi connectivity index (χ0) is 11.5. The van der Waals surface area contributed by atoms with E-state index in [2.05, 4.69) is 0 Å². The van der Waals surface area contributed by atoms with Crippen molar-refractivity contribution >= 4 is 5.97 Å². The highest BCUT2D eigenvalue weighted by molar-refractivity contribution is 5.87. The Balaban J connectivity index is 2.61. The van der Waals surface area contributed by atoms with Gasteiger partial charge >= 0.3 is 12.1 Å². The van der Waals surface area contributed by atoms with Crippen molar-refractivity contribution in [2.45, 2.75) is 19.0 Å². The molecule has 5 heteroatoms. The molecule has 0 radical (unpaired) electrons. The van der Waals surface area contributed by atoms with E-state index in [9.17, 15) is 18.0 Å². The molecule has 0 unspecified atom stereocenters. The largest absolute Gasteiger partial charge is 0.478 e. The maximum Gasteiger partial charge on any atom is 0.389 e. The number of rotatable bonds is 3. The van der Waals surface area contributed by atoms with Crippen LogP contribution in [0.15, 0.2) is 24.3 Å². The summed E-state index contributed by atoms with van der Waals surface area (Å²) in [5.41, 5.74) is 0.558. The van der Waals surface area contributed by atoms with Gasteiger partial charge in [0.2, 0.25) is 0 Å². The standard InChI is InChI=1S/C10H9F3O2/c11-10(12,13)6-5-7-1-3-8(4-2-7)9(14)15/h1-4H,5-6H2,(H,14,15). The number of aromatic carboxylic acids is 1. The molecule has 0 aromatic heterocycles. The van der Waals surface area contributed by atoms with Gasteiger partial charge in [0.15, 0.2) is 0 Å². The number of hydrogen-bond acceptors (Lipinski definition) is 1. The fourth-order valence-electron chi connectivity index (χ4n) is 1.10. The van der Waals surface area contributed by atoms with Crippen LogP contribution >= 0.6 is 0 Å². The predicted molar refractivity (Wildman–Crippen MR) is 47.8 cm³/mol. The lowest BCUT2D eigenvalue weighted by molar-refractivity contribution is -0.134. The second-order valence-electron chi connectivity index (χ2n) is 3.12. The summed E-state index contributed by atoms with van der Waals surface area (Å²) in [7, 11) is 0. The molecule has 0 saturated heterocycles. The fraction of sp³-hybridized carbons (Fsp3) is 0.300. The Labute approximate surface area is 84.3 Å². The lowest BCUT2D eigenvalue weighted by Crippen LogP contribution is -2.08. The highest BCUT2D eigenvalue weighted by Crippen LogP contribution is 2.22. The second kappa shape index (κ2) is 4.33. The summed E-state index contributed by atoms with van der Waals surface area (Å²) < 4.78 is 35.6. The first kappa shape index (κ1) is 11.6. The number of carbonyl (C=O) groups is 1. The predicted octanol–water partition coefficient (Wildman–Crippen LogP) is 2.88. The SMILES string of the molecule is O=C(O)c1ccc(CCC(F)(F)F)cc1. The highest BCUT2D eigenvalue weighted by Gasteiger charge is 2.26. The molecular weight excluding hydrogens is 209 g/mol. The molecule has 82 valence electrons. The van der Waals surface area contributed by atoms with Crippen molar-refractivity contribution < 1.29 is 23.1 Å². The minimum Gasteiger partial charge on any atom is -0.478 e. The first-order chi connectivity index (χ1) is 6.88. The van der Waals surface area contributed by atoms with Crippen molar-refractivity contribution in [3.8, 4) is 0 Å². The highest BCUT2D eigenvalue weighted by atomic mass is 19.4. The molecule has 1 rings (SSSR count). The van der Waals surface area contributed by atoms with Crippen LogP contribution in [-0.2, 0) is 6.42 Å². The third-order valence-corrected chi connectivity index (χ3v) is 1.90. The molecule has 0 aliphatic carbocycles. The third-order valence-electron chi connectivity index (χ3n) is 1.90. The first-order valence-electron chi connectivity index (χ1n) is 4.27. The van der Waals surface area contributed by atoms with Gasteiger partial charge in [-0.05, 0) is 24.1 Å². The summed E-state index contributed by atoms with van der Waals surface area (Å²) in [4.78, 5) is 10.4. The van der Waals surface area contributed by atoms with E-state index in [0.717, 1.165) is 0 Å². The Morgan fingerprint density at radius 1 is 1.20 bits per heavy atom. The van der Waals surface area contributed by atoms with Crippen LogP contribution < -0.4 is 0 Å². The van der Waals surface area contributed by atoms with Crippen LogP contribution in [0.1, 0.15) is 22.3 Å². The molecule has 0 heterocycles. The molecule has 0 bridgehead atoms. The van der Waals surface area contributed by atoms with Crippen LogP contribution in [0.4, 0.5) is 13.2 Å². The summed E-state index contributed by atoms with van der Waals surface area (Å²) in [5.74, 6) is -1.09. The minimum absolute atomic E-state index is 0.0748. The molecule has 1 aromatic carbocycles. The third kappa shape index (κ3) is 4.01. The van der Waals surface area contributed by atoms with E-state index < -0.39 is 18.6 Å². The number of benzene rings is 1. The average Bonchev–Trinajstić information content (AvgIpc) is 2.14. The van der Waals surface area contributed by atoms with Gasteiger partial charge in [0.25, 0.3) is 0 Å². The molecule has 0 amide bonds. The van der Waals surface area contributed by atoms with Crippen LogP contribution in [-0.4, -0.2) is 17.3 Å². The zero-order valence-corrected chi connectivity index (χ0v) is 7.71. The summed E-state index contributed by atoms with van der Waals surface area (Å²) in [5, 5.41) is 8.55. The van der Waals surface area contributed by atoms with E-state index in [1.165, 1.54) is 24.3 Å². The zero-order valence-electron chi connectivity index (χ0n) is 7.71. The number of carboxylic acids is 1. The number of hydrogen-bond donors (Lipinski definition) is 1. The van der Waals surface area contributed by atoms with Crippen LogP contribution in [0.5, 0.6) is 0 Å². The molecule has 0 spiro atoms. The Hall–Kier alpha value is -1.52. The number of aryl methyl sites for hydroxylation is 1. The summed E-state index contributed by atoms with van der Waals surface area (Å²) >= 11 is 0. The van der Waals surface area contributed by atoms with Crippen molar-refractivity contribution in [1.29, 1.82) is 0 Å². The fourth-order valence-corrected chi connectivity index (χ4v) is 1.10. The van der Waals surface area contributed by atoms with Crippen molar-refractivity contribution in [2.75, 3.05) is 0 Å². The first-order valence-corrected chi connectivity index (χ1v) is 4.27. The molecule has 1 N–H and O–H groups in total. The van der Waals surface area contributed by atoms with E-state index in [1.54, 1.807) is 0 Å². The van der Waals surface area contributed by atoms with Crippen LogP contribution in [0.25, 0.3) is 0 Å². The van der Waals surface area contributed by atoms with Gasteiger partial charge in [-0.2, -0.15) is 13.2 Å². The maximum absolute atomic E-state index is 11.9. The van der Waals surface area contributed by atoms with Gasteiger partial charge in [0.05, 0.1) is 5.56 Å².